The van der Waals surface area contributed by atoms with Crippen LogP contribution in [-0.2, 0) is 4.79 Å². The quantitative estimate of drug-likeness (QED) is 0.738. The van der Waals surface area contributed by atoms with E-state index < -0.39 is 29.2 Å². The Balaban J connectivity index is 2.59. The van der Waals surface area contributed by atoms with Gasteiger partial charge in [0, 0.05) is 28.0 Å². The van der Waals surface area contributed by atoms with E-state index in [2.05, 4.69) is 21.5 Å². The summed E-state index contributed by atoms with van der Waals surface area (Å²) in [6, 6.07) is 2.80. The monoisotopic (exact) mass is 410 g/mol. The summed E-state index contributed by atoms with van der Waals surface area (Å²) in [7, 11) is 0. The second-order valence-electron chi connectivity index (χ2n) is 6.81. The molecule has 0 aliphatic rings. The molecule has 0 saturated carbocycles. The largest absolute Gasteiger partial charge is 0.349 e. The van der Waals surface area contributed by atoms with Crippen molar-refractivity contribution in [2.45, 2.75) is 32.4 Å². The van der Waals surface area contributed by atoms with Crippen molar-refractivity contribution in [1.29, 1.82) is 0 Å². The number of hydrogen-bond acceptors (Lipinski definition) is 5. The van der Waals surface area contributed by atoms with E-state index in [0.717, 1.165) is 11.5 Å². The lowest BCUT2D eigenvalue weighted by molar-refractivity contribution is -0.127. The van der Waals surface area contributed by atoms with E-state index in [9.17, 15) is 14.0 Å². The molecule has 0 saturated heterocycles. The molecule has 2 aromatic rings. The lowest BCUT2D eigenvalue weighted by Gasteiger charge is -2.33. The van der Waals surface area contributed by atoms with Crippen LogP contribution in [0.2, 0.25) is 5.02 Å². The third-order valence-electron chi connectivity index (χ3n) is 3.50. The molecular formula is C18H20ClFN4O2S. The summed E-state index contributed by atoms with van der Waals surface area (Å²) >= 11 is 7.20. The molecule has 0 bridgehead atoms. The molecule has 9 heteroatoms. The van der Waals surface area contributed by atoms with Crippen LogP contribution in [0.3, 0.4) is 0 Å². The molecule has 6 nitrogen and oxygen atoms in total. The summed E-state index contributed by atoms with van der Waals surface area (Å²) in [5, 5.41) is 8.05. The molecule has 1 aromatic heterocycles. The Morgan fingerprint density at radius 1 is 1.44 bits per heavy atom. The van der Waals surface area contributed by atoms with Crippen molar-refractivity contribution in [2.75, 3.05) is 6.54 Å². The number of carbonyl (C=O) groups is 2. The van der Waals surface area contributed by atoms with Gasteiger partial charge < -0.3 is 10.2 Å². The van der Waals surface area contributed by atoms with Crippen LogP contribution >= 0.6 is 23.1 Å². The SMILES string of the molecule is C=CCN(C(=O)c1csnn1)[C@H](C(=O)NC(C)(C)C)c1c(F)cccc1Cl. The van der Waals surface area contributed by atoms with Crippen molar-refractivity contribution in [3.63, 3.8) is 0 Å². The summed E-state index contributed by atoms with van der Waals surface area (Å²) in [5.41, 5.74) is -0.625. The van der Waals surface area contributed by atoms with Gasteiger partial charge in [0.15, 0.2) is 5.69 Å². The smallest absolute Gasteiger partial charge is 0.276 e. The molecule has 0 aliphatic carbocycles. The standard InChI is InChI=1S/C18H20ClFN4O2S/c1-5-9-24(17(26)13-10-27-23-22-13)15(16(25)21-18(2,3)4)14-11(19)7-6-8-12(14)20/h5-8,10,15H,1,9H2,2-4H3,(H,21,25)/t15-/m0/s1. The first-order chi connectivity index (χ1) is 12.7. The van der Waals surface area contributed by atoms with Gasteiger partial charge in [-0.1, -0.05) is 28.2 Å². The Morgan fingerprint density at radius 2 is 2.15 bits per heavy atom. The number of rotatable bonds is 6. The van der Waals surface area contributed by atoms with Crippen LogP contribution in [0.4, 0.5) is 4.39 Å². The molecule has 0 unspecified atom stereocenters. The van der Waals surface area contributed by atoms with Crippen LogP contribution in [0.5, 0.6) is 0 Å². The average Bonchev–Trinajstić information content (AvgIpc) is 3.09. The number of halogens is 2. The molecule has 1 heterocycles. The average molecular weight is 411 g/mol. The Morgan fingerprint density at radius 3 is 2.67 bits per heavy atom. The molecule has 1 aromatic carbocycles. The van der Waals surface area contributed by atoms with E-state index in [1.54, 1.807) is 20.8 Å². The molecular weight excluding hydrogens is 391 g/mol. The fraction of sp³-hybridized carbons (Fsp3) is 0.333. The maximum Gasteiger partial charge on any atom is 0.276 e. The number of benzene rings is 1. The second-order valence-corrected chi connectivity index (χ2v) is 7.83. The van der Waals surface area contributed by atoms with Gasteiger partial charge >= 0.3 is 0 Å². The number of amides is 2. The third-order valence-corrected chi connectivity index (χ3v) is 4.33. The predicted octanol–water partition coefficient (Wildman–Crippen LogP) is 3.61. The van der Waals surface area contributed by atoms with Gasteiger partial charge in [0.1, 0.15) is 11.9 Å². The van der Waals surface area contributed by atoms with E-state index >= 15 is 0 Å². The Kier molecular flexibility index (Phi) is 6.67. The highest BCUT2D eigenvalue weighted by atomic mass is 35.5. The Hall–Kier alpha value is -2.32. The Bertz CT molecular complexity index is 816. The van der Waals surface area contributed by atoms with Crippen LogP contribution in [0.25, 0.3) is 0 Å². The number of carbonyl (C=O) groups excluding carboxylic acids is 2. The number of hydrogen-bond donors (Lipinski definition) is 1. The predicted molar refractivity (Wildman–Crippen MR) is 103 cm³/mol. The van der Waals surface area contributed by atoms with Crippen molar-refractivity contribution in [2.24, 2.45) is 0 Å². The number of aromatic nitrogens is 2. The molecule has 144 valence electrons. The second kappa shape index (κ2) is 8.58. The zero-order chi connectivity index (χ0) is 20.2. The van der Waals surface area contributed by atoms with Crippen molar-refractivity contribution >= 4 is 34.9 Å². The van der Waals surface area contributed by atoms with Gasteiger partial charge in [0.25, 0.3) is 5.91 Å². The lowest BCUT2D eigenvalue weighted by Crippen LogP contribution is -2.49. The van der Waals surface area contributed by atoms with Gasteiger partial charge in [0.05, 0.1) is 0 Å². The van der Waals surface area contributed by atoms with Crippen LogP contribution in [0.1, 0.15) is 42.9 Å². The lowest BCUT2D eigenvalue weighted by atomic mass is 10.0. The zero-order valence-corrected chi connectivity index (χ0v) is 16.8. The first-order valence-corrected chi connectivity index (χ1v) is 9.32. The molecule has 2 rings (SSSR count). The van der Waals surface area contributed by atoms with Gasteiger partial charge in [-0.15, -0.1) is 11.7 Å². The molecule has 0 aliphatic heterocycles. The van der Waals surface area contributed by atoms with Crippen LogP contribution in [-0.4, -0.2) is 38.4 Å². The molecule has 0 spiro atoms. The maximum atomic E-state index is 14.6. The molecule has 1 atom stereocenters. The topological polar surface area (TPSA) is 75.2 Å². The number of nitrogens with zero attached hydrogens (tertiary/aromatic N) is 3. The first kappa shape index (κ1) is 21.0. The fourth-order valence-electron chi connectivity index (χ4n) is 2.49. The molecule has 27 heavy (non-hydrogen) atoms. The van der Waals surface area contributed by atoms with Gasteiger partial charge in [-0.05, 0) is 44.4 Å². The first-order valence-electron chi connectivity index (χ1n) is 8.10. The highest BCUT2D eigenvalue weighted by molar-refractivity contribution is 7.03. The van der Waals surface area contributed by atoms with Crippen LogP contribution in [0, 0.1) is 5.82 Å². The zero-order valence-electron chi connectivity index (χ0n) is 15.2. The molecule has 1 N–H and O–H groups in total. The van der Waals surface area contributed by atoms with E-state index in [1.165, 1.54) is 34.6 Å². The highest BCUT2D eigenvalue weighted by Gasteiger charge is 2.36. The van der Waals surface area contributed by atoms with Crippen LogP contribution < -0.4 is 5.32 Å². The molecule has 0 radical (unpaired) electrons. The summed E-state index contributed by atoms with van der Waals surface area (Å²) in [5.74, 6) is -1.82. The van der Waals surface area contributed by atoms with Gasteiger partial charge in [-0.25, -0.2) is 4.39 Å². The fourth-order valence-corrected chi connectivity index (χ4v) is 3.18. The third kappa shape index (κ3) is 5.11. The maximum absolute atomic E-state index is 14.6. The van der Waals surface area contributed by atoms with E-state index in [4.69, 9.17) is 11.6 Å². The van der Waals surface area contributed by atoms with Gasteiger partial charge in [0.2, 0.25) is 5.91 Å². The highest BCUT2D eigenvalue weighted by Crippen LogP contribution is 2.32. The number of nitrogens with one attached hydrogen (secondary N) is 1. The van der Waals surface area contributed by atoms with Crippen molar-refractivity contribution in [3.8, 4) is 0 Å². The van der Waals surface area contributed by atoms with Crippen molar-refractivity contribution in [3.05, 3.63) is 58.3 Å². The van der Waals surface area contributed by atoms with Crippen LogP contribution in [0.15, 0.2) is 36.2 Å². The normalized spacial score (nSPS) is 12.3. The summed E-state index contributed by atoms with van der Waals surface area (Å²) in [6.45, 7) is 8.98. The minimum absolute atomic E-state index is 0.0107. The molecule has 2 amide bonds. The molecule has 0 fully saturated rings. The van der Waals surface area contributed by atoms with Gasteiger partial charge in [-0.2, -0.15) is 0 Å². The van der Waals surface area contributed by atoms with E-state index in [0.29, 0.717) is 0 Å². The van der Waals surface area contributed by atoms with E-state index in [1.807, 2.05) is 0 Å². The van der Waals surface area contributed by atoms with E-state index in [-0.39, 0.29) is 22.8 Å². The summed E-state index contributed by atoms with van der Waals surface area (Å²) in [4.78, 5) is 27.2. The van der Waals surface area contributed by atoms with Gasteiger partial charge in [-0.3, -0.25) is 9.59 Å². The minimum atomic E-state index is -1.30. The summed E-state index contributed by atoms with van der Waals surface area (Å²) < 4.78 is 18.3. The Labute approximate surface area is 166 Å². The summed E-state index contributed by atoms with van der Waals surface area (Å²) in [6.07, 6.45) is 1.45. The van der Waals surface area contributed by atoms with Crippen molar-refractivity contribution < 1.29 is 14.0 Å². The van der Waals surface area contributed by atoms with Crippen molar-refractivity contribution in [1.82, 2.24) is 19.8 Å². The minimum Gasteiger partial charge on any atom is -0.349 e.